The third kappa shape index (κ3) is 23.3. The van der Waals surface area contributed by atoms with Crippen LogP contribution < -0.4 is 0 Å². The summed E-state index contributed by atoms with van der Waals surface area (Å²) in [7, 11) is 0. The monoisotopic (exact) mass is 675 g/mol. The number of carbonyl (C=O) groups is 1. The molecule has 1 saturated heterocycles. The highest BCUT2D eigenvalue weighted by Crippen LogP contribution is 2.22. The van der Waals surface area contributed by atoms with Crippen molar-refractivity contribution in [1.29, 1.82) is 0 Å². The highest BCUT2D eigenvalue weighted by atomic mass is 16.7. The van der Waals surface area contributed by atoms with Gasteiger partial charge in [0.2, 0.25) is 0 Å². The van der Waals surface area contributed by atoms with E-state index in [2.05, 4.69) is 13.8 Å². The van der Waals surface area contributed by atoms with Crippen LogP contribution in [0.3, 0.4) is 0 Å². The van der Waals surface area contributed by atoms with Crippen LogP contribution in [0.1, 0.15) is 174 Å². The summed E-state index contributed by atoms with van der Waals surface area (Å²) in [5.74, 6) is -0.335. The van der Waals surface area contributed by atoms with Crippen molar-refractivity contribution in [2.45, 2.75) is 211 Å². The summed E-state index contributed by atoms with van der Waals surface area (Å²) in [6, 6.07) is 0. The lowest BCUT2D eigenvalue weighted by molar-refractivity contribution is -0.305. The second-order valence-corrected chi connectivity index (χ2v) is 13.7. The van der Waals surface area contributed by atoms with Crippen LogP contribution in [0.15, 0.2) is 0 Å². The second kappa shape index (κ2) is 31.2. The Hall–Kier alpha value is -0.810. The maximum atomic E-state index is 12.3. The number of ether oxygens (including phenoxy) is 4. The average molecular weight is 675 g/mol. The van der Waals surface area contributed by atoms with Gasteiger partial charge in [-0.1, -0.05) is 155 Å². The van der Waals surface area contributed by atoms with Crippen LogP contribution in [0.5, 0.6) is 0 Å². The molecule has 47 heavy (non-hydrogen) atoms. The number of aliphatic hydroxyl groups is 4. The molecule has 9 nitrogen and oxygen atoms in total. The Labute approximate surface area is 287 Å². The van der Waals surface area contributed by atoms with Gasteiger partial charge < -0.3 is 39.4 Å². The molecule has 0 spiro atoms. The molecule has 1 aliphatic rings. The normalized spacial score (nSPS) is 22.0. The molecule has 1 fully saturated rings. The number of esters is 1. The molecule has 0 radical (unpaired) electrons. The van der Waals surface area contributed by atoms with E-state index in [1.165, 1.54) is 122 Å². The van der Waals surface area contributed by atoms with Gasteiger partial charge in [0.1, 0.15) is 30.5 Å². The Bertz CT molecular complexity index is 692. The lowest BCUT2D eigenvalue weighted by Gasteiger charge is -2.39. The van der Waals surface area contributed by atoms with Crippen molar-refractivity contribution in [1.82, 2.24) is 0 Å². The fourth-order valence-corrected chi connectivity index (χ4v) is 6.14. The van der Waals surface area contributed by atoms with E-state index in [1.807, 2.05) is 0 Å². The van der Waals surface area contributed by atoms with E-state index in [-0.39, 0.29) is 19.2 Å². The van der Waals surface area contributed by atoms with Crippen molar-refractivity contribution >= 4 is 5.97 Å². The van der Waals surface area contributed by atoms with Gasteiger partial charge in [-0.3, -0.25) is 4.79 Å². The molecule has 0 aromatic carbocycles. The molecule has 6 atom stereocenters. The molecule has 0 saturated carbocycles. The van der Waals surface area contributed by atoms with Gasteiger partial charge in [-0.15, -0.1) is 0 Å². The summed E-state index contributed by atoms with van der Waals surface area (Å²) in [5, 5.41) is 39.6. The predicted octanol–water partition coefficient (Wildman–Crippen LogP) is 7.52. The number of hydrogen-bond donors (Lipinski definition) is 4. The van der Waals surface area contributed by atoms with E-state index >= 15 is 0 Å². The number of unbranched alkanes of at least 4 members (excludes halogenated alkanes) is 22. The smallest absolute Gasteiger partial charge is 0.306 e. The molecule has 0 aromatic heterocycles. The number of rotatable bonds is 33. The minimum absolute atomic E-state index is 0.110. The zero-order valence-corrected chi connectivity index (χ0v) is 30.3. The standard InChI is InChI=1S/C38H74O9/c1-3-5-7-8-9-10-11-12-13-14-15-16-17-18-19-20-21-22-23-24-26-28-44-30-32(46-34(40)27-25-6-4-2)31-45-38-37(43)36(42)35(41)33(29-39)47-38/h32-33,35-39,41-43H,3-31H2,1-2H3. The Morgan fingerprint density at radius 3 is 1.51 bits per heavy atom. The molecule has 6 unspecified atom stereocenters. The SMILES string of the molecule is CCCCCCCCCCCCCCCCCCCCCCCOCC(COC1OC(CO)C(O)C(O)C1O)OC(=O)CCCCC. The van der Waals surface area contributed by atoms with Crippen molar-refractivity contribution in [3.63, 3.8) is 0 Å². The van der Waals surface area contributed by atoms with Gasteiger partial charge in [-0.25, -0.2) is 0 Å². The Balaban J connectivity index is 2.07. The minimum Gasteiger partial charge on any atom is -0.457 e. The molecule has 1 heterocycles. The topological polar surface area (TPSA) is 135 Å². The molecular weight excluding hydrogens is 600 g/mol. The first-order valence-corrected chi connectivity index (χ1v) is 19.6. The third-order valence-corrected chi connectivity index (χ3v) is 9.27. The third-order valence-electron chi connectivity index (χ3n) is 9.27. The summed E-state index contributed by atoms with van der Waals surface area (Å²) in [5.41, 5.74) is 0. The molecule has 280 valence electrons. The van der Waals surface area contributed by atoms with E-state index in [0.717, 1.165) is 32.1 Å². The largest absolute Gasteiger partial charge is 0.457 e. The highest BCUT2D eigenvalue weighted by molar-refractivity contribution is 5.69. The van der Waals surface area contributed by atoms with Crippen LogP contribution in [-0.4, -0.2) is 89.6 Å². The second-order valence-electron chi connectivity index (χ2n) is 13.7. The van der Waals surface area contributed by atoms with Crippen LogP contribution in [0.4, 0.5) is 0 Å². The zero-order chi connectivity index (χ0) is 34.4. The van der Waals surface area contributed by atoms with Crippen molar-refractivity contribution < 1.29 is 44.2 Å². The van der Waals surface area contributed by atoms with Gasteiger partial charge in [-0.2, -0.15) is 0 Å². The van der Waals surface area contributed by atoms with Crippen LogP contribution >= 0.6 is 0 Å². The van der Waals surface area contributed by atoms with Crippen molar-refractivity contribution in [3.05, 3.63) is 0 Å². The molecule has 4 N–H and O–H groups in total. The van der Waals surface area contributed by atoms with E-state index in [4.69, 9.17) is 18.9 Å². The maximum Gasteiger partial charge on any atom is 0.306 e. The summed E-state index contributed by atoms with van der Waals surface area (Å²) >= 11 is 0. The summed E-state index contributed by atoms with van der Waals surface area (Å²) in [4.78, 5) is 12.3. The Morgan fingerprint density at radius 2 is 1.04 bits per heavy atom. The molecule has 1 rings (SSSR count). The number of aliphatic hydroxyl groups excluding tert-OH is 4. The number of hydrogen-bond acceptors (Lipinski definition) is 9. The fourth-order valence-electron chi connectivity index (χ4n) is 6.14. The van der Waals surface area contributed by atoms with Crippen LogP contribution in [0.25, 0.3) is 0 Å². The van der Waals surface area contributed by atoms with Crippen LogP contribution in [-0.2, 0) is 23.7 Å². The van der Waals surface area contributed by atoms with E-state index in [0.29, 0.717) is 13.0 Å². The lowest BCUT2D eigenvalue weighted by Crippen LogP contribution is -2.59. The summed E-state index contributed by atoms with van der Waals surface area (Å²) in [6.07, 6.45) is 23.7. The summed E-state index contributed by atoms with van der Waals surface area (Å²) in [6.45, 7) is 4.41. The van der Waals surface area contributed by atoms with E-state index < -0.39 is 43.4 Å². The highest BCUT2D eigenvalue weighted by Gasteiger charge is 2.44. The van der Waals surface area contributed by atoms with Crippen molar-refractivity contribution in [2.75, 3.05) is 26.4 Å². The van der Waals surface area contributed by atoms with Crippen molar-refractivity contribution in [3.8, 4) is 0 Å². The molecule has 9 heteroatoms. The van der Waals surface area contributed by atoms with Crippen LogP contribution in [0, 0.1) is 0 Å². The first-order valence-electron chi connectivity index (χ1n) is 19.6. The molecule has 0 amide bonds. The lowest BCUT2D eigenvalue weighted by atomic mass is 9.99. The summed E-state index contributed by atoms with van der Waals surface area (Å²) < 4.78 is 22.4. The average Bonchev–Trinajstić information content (AvgIpc) is 3.07. The van der Waals surface area contributed by atoms with Gasteiger partial charge in [0, 0.05) is 13.0 Å². The van der Waals surface area contributed by atoms with Gasteiger partial charge in [0.25, 0.3) is 0 Å². The Kier molecular flexibility index (Phi) is 29.3. The predicted molar refractivity (Wildman–Crippen MR) is 187 cm³/mol. The maximum absolute atomic E-state index is 12.3. The van der Waals surface area contributed by atoms with E-state index in [1.54, 1.807) is 0 Å². The number of carbonyl (C=O) groups excluding carboxylic acids is 1. The van der Waals surface area contributed by atoms with Gasteiger partial charge >= 0.3 is 5.97 Å². The van der Waals surface area contributed by atoms with Gasteiger partial charge in [-0.05, 0) is 12.8 Å². The molecular formula is C38H74O9. The zero-order valence-electron chi connectivity index (χ0n) is 30.3. The van der Waals surface area contributed by atoms with Crippen LogP contribution in [0.2, 0.25) is 0 Å². The Morgan fingerprint density at radius 1 is 0.596 bits per heavy atom. The molecule has 0 bridgehead atoms. The fraction of sp³-hybridized carbons (Fsp3) is 0.974. The van der Waals surface area contributed by atoms with E-state index in [9.17, 15) is 25.2 Å². The van der Waals surface area contributed by atoms with Crippen molar-refractivity contribution in [2.24, 2.45) is 0 Å². The van der Waals surface area contributed by atoms with Gasteiger partial charge in [0.05, 0.1) is 19.8 Å². The first kappa shape index (κ1) is 44.2. The first-order chi connectivity index (χ1) is 22.9. The molecule has 1 aliphatic heterocycles. The minimum atomic E-state index is -1.53. The molecule has 0 aromatic rings. The quantitative estimate of drug-likeness (QED) is 0.0412. The van der Waals surface area contributed by atoms with Gasteiger partial charge in [0.15, 0.2) is 6.29 Å². The molecule has 0 aliphatic carbocycles.